The summed E-state index contributed by atoms with van der Waals surface area (Å²) in [5.74, 6) is 3.55. The molecule has 1 N–H and O–H groups in total. The van der Waals surface area contributed by atoms with Gasteiger partial charge in [-0.05, 0) is 42.0 Å². The van der Waals surface area contributed by atoms with Crippen molar-refractivity contribution in [3.63, 3.8) is 0 Å². The van der Waals surface area contributed by atoms with Crippen molar-refractivity contribution < 1.29 is 4.74 Å². The minimum atomic E-state index is 0.591. The fourth-order valence-electron chi connectivity index (χ4n) is 2.15. The maximum Gasteiger partial charge on any atom is 0.122 e. The number of hydrogen-bond acceptors (Lipinski definition) is 3. The second-order valence-corrected chi connectivity index (χ2v) is 6.20. The maximum absolute atomic E-state index is 5.52. The summed E-state index contributed by atoms with van der Waals surface area (Å²) in [6.45, 7) is 6.30. The molecule has 0 saturated heterocycles. The molecule has 1 heterocycles. The van der Waals surface area contributed by atoms with Gasteiger partial charge in [0.1, 0.15) is 5.75 Å². The molecule has 1 atom stereocenters. The van der Waals surface area contributed by atoms with Crippen molar-refractivity contribution in [2.75, 3.05) is 18.1 Å². The average molecular weight is 265 g/mol. The van der Waals surface area contributed by atoms with E-state index < -0.39 is 0 Å². The standard InChI is InChI=1S/C15H23NOS/c1-3-18-9-7-12(2)16-11-13-4-5-15-14(10-13)6-8-17-15/h4-5,10,12,16H,3,6-9,11H2,1-2H3. The predicted molar refractivity (Wildman–Crippen MR) is 79.6 cm³/mol. The lowest BCUT2D eigenvalue weighted by molar-refractivity contribution is 0.357. The molecule has 0 aliphatic carbocycles. The van der Waals surface area contributed by atoms with Crippen molar-refractivity contribution in [3.8, 4) is 5.75 Å². The summed E-state index contributed by atoms with van der Waals surface area (Å²) in [7, 11) is 0. The maximum atomic E-state index is 5.52. The monoisotopic (exact) mass is 265 g/mol. The van der Waals surface area contributed by atoms with Gasteiger partial charge in [-0.25, -0.2) is 0 Å². The molecule has 1 aromatic rings. The Kier molecular flexibility index (Phi) is 5.39. The molecule has 2 nitrogen and oxygen atoms in total. The van der Waals surface area contributed by atoms with Crippen LogP contribution in [-0.4, -0.2) is 24.2 Å². The summed E-state index contributed by atoms with van der Waals surface area (Å²) in [6, 6.07) is 7.15. The van der Waals surface area contributed by atoms with Crippen LogP contribution in [0.1, 0.15) is 31.4 Å². The second-order valence-electron chi connectivity index (χ2n) is 4.81. The lowest BCUT2D eigenvalue weighted by Gasteiger charge is -2.13. The topological polar surface area (TPSA) is 21.3 Å². The van der Waals surface area contributed by atoms with Gasteiger partial charge in [-0.2, -0.15) is 11.8 Å². The first-order valence-corrected chi connectivity index (χ1v) is 8.00. The van der Waals surface area contributed by atoms with Crippen LogP contribution in [0.4, 0.5) is 0 Å². The SMILES string of the molecule is CCSCCC(C)NCc1ccc2c(c1)CCO2. The van der Waals surface area contributed by atoms with E-state index in [1.54, 1.807) is 0 Å². The lowest BCUT2D eigenvalue weighted by Crippen LogP contribution is -2.26. The quantitative estimate of drug-likeness (QED) is 0.765. The molecule has 3 heteroatoms. The van der Waals surface area contributed by atoms with Crippen LogP contribution in [0, 0.1) is 0 Å². The van der Waals surface area contributed by atoms with Gasteiger partial charge >= 0.3 is 0 Å². The summed E-state index contributed by atoms with van der Waals surface area (Å²) >= 11 is 2.02. The number of nitrogens with one attached hydrogen (secondary N) is 1. The lowest BCUT2D eigenvalue weighted by atomic mass is 10.1. The van der Waals surface area contributed by atoms with E-state index >= 15 is 0 Å². The zero-order chi connectivity index (χ0) is 12.8. The highest BCUT2D eigenvalue weighted by molar-refractivity contribution is 7.99. The Morgan fingerprint density at radius 3 is 3.17 bits per heavy atom. The van der Waals surface area contributed by atoms with E-state index in [0.29, 0.717) is 6.04 Å². The van der Waals surface area contributed by atoms with Crippen molar-refractivity contribution in [2.24, 2.45) is 0 Å². The van der Waals surface area contributed by atoms with Gasteiger partial charge in [0.2, 0.25) is 0 Å². The van der Waals surface area contributed by atoms with E-state index in [4.69, 9.17) is 4.74 Å². The van der Waals surface area contributed by atoms with Crippen molar-refractivity contribution in [1.29, 1.82) is 0 Å². The molecule has 0 amide bonds. The molecule has 100 valence electrons. The number of rotatable bonds is 7. The van der Waals surface area contributed by atoms with Gasteiger partial charge in [-0.1, -0.05) is 19.1 Å². The molecule has 1 aromatic carbocycles. The molecular formula is C15H23NOS. The average Bonchev–Trinajstić information content (AvgIpc) is 2.84. The number of ether oxygens (including phenoxy) is 1. The molecular weight excluding hydrogens is 242 g/mol. The van der Waals surface area contributed by atoms with Crippen molar-refractivity contribution in [3.05, 3.63) is 29.3 Å². The molecule has 0 spiro atoms. The number of fused-ring (bicyclic) bond motifs is 1. The molecule has 18 heavy (non-hydrogen) atoms. The van der Waals surface area contributed by atoms with Crippen LogP contribution < -0.4 is 10.1 Å². The summed E-state index contributed by atoms with van der Waals surface area (Å²) < 4.78 is 5.52. The predicted octanol–water partition coefficient (Wildman–Crippen LogP) is 3.24. The third-order valence-electron chi connectivity index (χ3n) is 3.31. The minimum absolute atomic E-state index is 0.591. The molecule has 0 bridgehead atoms. The van der Waals surface area contributed by atoms with Crippen molar-refractivity contribution >= 4 is 11.8 Å². The van der Waals surface area contributed by atoms with Crippen molar-refractivity contribution in [2.45, 2.75) is 39.3 Å². The summed E-state index contributed by atoms with van der Waals surface area (Å²) in [5, 5.41) is 3.59. The fraction of sp³-hybridized carbons (Fsp3) is 0.600. The van der Waals surface area contributed by atoms with E-state index in [2.05, 4.69) is 37.4 Å². The molecule has 0 radical (unpaired) electrons. The first kappa shape index (κ1) is 13.8. The Morgan fingerprint density at radius 1 is 1.44 bits per heavy atom. The van der Waals surface area contributed by atoms with Crippen LogP contribution in [0.5, 0.6) is 5.75 Å². The van der Waals surface area contributed by atoms with E-state index in [9.17, 15) is 0 Å². The Morgan fingerprint density at radius 2 is 2.33 bits per heavy atom. The third-order valence-corrected chi connectivity index (χ3v) is 4.24. The molecule has 1 unspecified atom stereocenters. The first-order valence-electron chi connectivity index (χ1n) is 6.85. The van der Waals surface area contributed by atoms with Crippen LogP contribution >= 0.6 is 11.8 Å². The van der Waals surface area contributed by atoms with Gasteiger partial charge in [-0.3, -0.25) is 0 Å². The van der Waals surface area contributed by atoms with E-state index in [-0.39, 0.29) is 0 Å². The van der Waals surface area contributed by atoms with Crippen LogP contribution in [0.3, 0.4) is 0 Å². The Bertz CT molecular complexity index is 381. The third kappa shape index (κ3) is 3.92. The smallest absolute Gasteiger partial charge is 0.122 e. The van der Waals surface area contributed by atoms with Gasteiger partial charge in [0.15, 0.2) is 0 Å². The van der Waals surface area contributed by atoms with Gasteiger partial charge < -0.3 is 10.1 Å². The zero-order valence-electron chi connectivity index (χ0n) is 11.4. The van der Waals surface area contributed by atoms with E-state index in [0.717, 1.165) is 25.3 Å². The molecule has 0 aromatic heterocycles. The zero-order valence-corrected chi connectivity index (χ0v) is 12.2. The van der Waals surface area contributed by atoms with Gasteiger partial charge in [-0.15, -0.1) is 0 Å². The highest BCUT2D eigenvalue weighted by atomic mass is 32.2. The summed E-state index contributed by atoms with van der Waals surface area (Å²) in [6.07, 6.45) is 2.30. The first-order chi connectivity index (χ1) is 8.79. The Labute approximate surface area is 114 Å². The van der Waals surface area contributed by atoms with Crippen LogP contribution in [-0.2, 0) is 13.0 Å². The van der Waals surface area contributed by atoms with Crippen LogP contribution in [0.25, 0.3) is 0 Å². The number of thioether (sulfide) groups is 1. The van der Waals surface area contributed by atoms with Crippen molar-refractivity contribution in [1.82, 2.24) is 5.32 Å². The summed E-state index contributed by atoms with van der Waals surface area (Å²) in [5.41, 5.74) is 2.73. The normalized spacial score (nSPS) is 15.2. The second kappa shape index (κ2) is 7.05. The number of hydrogen-bond donors (Lipinski definition) is 1. The fourth-order valence-corrected chi connectivity index (χ4v) is 2.96. The molecule has 1 aliphatic rings. The van der Waals surface area contributed by atoms with Gasteiger partial charge in [0.25, 0.3) is 0 Å². The Hall–Kier alpha value is -0.670. The van der Waals surface area contributed by atoms with Crippen LogP contribution in [0.2, 0.25) is 0 Å². The molecule has 0 saturated carbocycles. The summed E-state index contributed by atoms with van der Waals surface area (Å²) in [4.78, 5) is 0. The Balaban J connectivity index is 1.76. The van der Waals surface area contributed by atoms with Crippen LogP contribution in [0.15, 0.2) is 18.2 Å². The highest BCUT2D eigenvalue weighted by Gasteiger charge is 2.12. The minimum Gasteiger partial charge on any atom is -0.493 e. The van der Waals surface area contributed by atoms with Gasteiger partial charge in [0, 0.05) is 19.0 Å². The van der Waals surface area contributed by atoms with E-state index in [1.807, 2.05) is 11.8 Å². The largest absolute Gasteiger partial charge is 0.493 e. The van der Waals surface area contributed by atoms with Gasteiger partial charge in [0.05, 0.1) is 6.61 Å². The molecule has 2 rings (SSSR count). The molecule has 1 aliphatic heterocycles. The van der Waals surface area contributed by atoms with E-state index in [1.165, 1.54) is 29.1 Å². The number of benzene rings is 1. The molecule has 0 fully saturated rings. The highest BCUT2D eigenvalue weighted by Crippen LogP contribution is 2.25.